The Morgan fingerprint density at radius 2 is 2.00 bits per heavy atom. The van der Waals surface area contributed by atoms with Gasteiger partial charge in [0.15, 0.2) is 14.1 Å². The topological polar surface area (TPSA) is 30.7 Å². The first-order valence-corrected chi connectivity index (χ1v) is 8.41. The summed E-state index contributed by atoms with van der Waals surface area (Å²) in [7, 11) is -1.67. The first-order chi connectivity index (χ1) is 6.91. The first kappa shape index (κ1) is 10.6. The molecule has 0 bridgehead atoms. The SMILES string of the molecule is C[Si](C)(C)n1cc(F)c2c(Cl)ncnc21. The van der Waals surface area contributed by atoms with E-state index in [1.807, 2.05) is 4.23 Å². The second-order valence-corrected chi connectivity index (χ2v) is 9.56. The van der Waals surface area contributed by atoms with Gasteiger partial charge in [-0.1, -0.05) is 31.2 Å². The zero-order valence-electron chi connectivity index (χ0n) is 8.75. The van der Waals surface area contributed by atoms with Crippen LogP contribution >= 0.6 is 11.6 Å². The fourth-order valence-corrected chi connectivity index (χ4v) is 3.02. The normalized spacial score (nSPS) is 12.3. The Hall–Kier alpha value is -0.943. The fraction of sp³-hybridized carbons (Fsp3) is 0.333. The summed E-state index contributed by atoms with van der Waals surface area (Å²) >= 11 is 5.84. The molecule has 2 heterocycles. The van der Waals surface area contributed by atoms with Crippen LogP contribution in [-0.4, -0.2) is 22.4 Å². The van der Waals surface area contributed by atoms with Gasteiger partial charge in [0.2, 0.25) is 0 Å². The van der Waals surface area contributed by atoms with Crippen molar-refractivity contribution in [1.82, 2.24) is 14.2 Å². The molecule has 0 aliphatic heterocycles. The number of aromatic nitrogens is 3. The number of rotatable bonds is 1. The molecule has 3 nitrogen and oxygen atoms in total. The molecular weight excluding hydrogens is 233 g/mol. The van der Waals surface area contributed by atoms with Gasteiger partial charge in [-0.25, -0.2) is 14.4 Å². The lowest BCUT2D eigenvalue weighted by molar-refractivity contribution is 0.637. The van der Waals surface area contributed by atoms with E-state index in [1.165, 1.54) is 12.5 Å². The number of halogens is 2. The third kappa shape index (κ3) is 1.65. The van der Waals surface area contributed by atoms with Crippen LogP contribution in [0.1, 0.15) is 0 Å². The number of hydrogen-bond acceptors (Lipinski definition) is 2. The minimum Gasteiger partial charge on any atom is -0.357 e. The summed E-state index contributed by atoms with van der Waals surface area (Å²) in [5, 5.41) is 0.496. The fourth-order valence-electron chi connectivity index (χ4n) is 1.49. The Kier molecular flexibility index (Phi) is 2.31. The molecule has 2 rings (SSSR count). The van der Waals surface area contributed by atoms with Crippen LogP contribution in [0.5, 0.6) is 0 Å². The molecule has 0 aliphatic rings. The Morgan fingerprint density at radius 3 is 2.60 bits per heavy atom. The maximum Gasteiger partial charge on any atom is 0.154 e. The lowest BCUT2D eigenvalue weighted by atomic mass is 10.4. The molecule has 0 N–H and O–H groups in total. The molecule has 0 aliphatic carbocycles. The largest absolute Gasteiger partial charge is 0.357 e. The summed E-state index contributed by atoms with van der Waals surface area (Å²) < 4.78 is 15.5. The van der Waals surface area contributed by atoms with E-state index in [2.05, 4.69) is 29.6 Å². The Morgan fingerprint density at radius 1 is 1.33 bits per heavy atom. The van der Waals surface area contributed by atoms with Gasteiger partial charge in [-0.05, 0) is 0 Å². The van der Waals surface area contributed by atoms with Gasteiger partial charge in [-0.3, -0.25) is 0 Å². The molecule has 80 valence electrons. The molecule has 2 aromatic rings. The van der Waals surface area contributed by atoms with Gasteiger partial charge in [-0.15, -0.1) is 0 Å². The number of hydrogen-bond donors (Lipinski definition) is 0. The highest BCUT2D eigenvalue weighted by atomic mass is 35.5. The highest BCUT2D eigenvalue weighted by molar-refractivity contribution is 6.75. The van der Waals surface area contributed by atoms with Crippen LogP contribution in [0.25, 0.3) is 11.0 Å². The monoisotopic (exact) mass is 243 g/mol. The van der Waals surface area contributed by atoms with E-state index >= 15 is 0 Å². The molecule has 6 heteroatoms. The van der Waals surface area contributed by atoms with Crippen LogP contribution in [0.4, 0.5) is 4.39 Å². The number of fused-ring (bicyclic) bond motifs is 1. The van der Waals surface area contributed by atoms with Gasteiger partial charge >= 0.3 is 0 Å². The smallest absolute Gasteiger partial charge is 0.154 e. The molecule has 0 saturated carbocycles. The molecule has 0 fully saturated rings. The molecule has 0 unspecified atom stereocenters. The summed E-state index contributed by atoms with van der Waals surface area (Å²) in [6.07, 6.45) is 2.83. The standard InChI is InChI=1S/C9H11ClFN3Si/c1-15(2,3)14-4-6(11)7-8(10)12-5-13-9(7)14/h4-5H,1-3H3. The summed E-state index contributed by atoms with van der Waals surface area (Å²) in [4.78, 5) is 7.87. The lowest BCUT2D eigenvalue weighted by Crippen LogP contribution is -2.31. The summed E-state index contributed by atoms with van der Waals surface area (Å²) in [6, 6.07) is 0. The van der Waals surface area contributed by atoms with Gasteiger partial charge in [-0.2, -0.15) is 0 Å². The van der Waals surface area contributed by atoms with Gasteiger partial charge < -0.3 is 4.23 Å². The second kappa shape index (κ2) is 3.28. The van der Waals surface area contributed by atoms with Crippen molar-refractivity contribution in [2.75, 3.05) is 0 Å². The third-order valence-corrected chi connectivity index (χ3v) is 4.29. The molecule has 0 radical (unpaired) electrons. The molecule has 15 heavy (non-hydrogen) atoms. The summed E-state index contributed by atoms with van der Waals surface area (Å²) in [5.41, 5.74) is 0.590. The van der Waals surface area contributed by atoms with E-state index in [1.54, 1.807) is 0 Å². The van der Waals surface area contributed by atoms with Crippen molar-refractivity contribution in [3.05, 3.63) is 23.5 Å². The van der Waals surface area contributed by atoms with E-state index in [9.17, 15) is 4.39 Å². The van der Waals surface area contributed by atoms with Crippen molar-refractivity contribution in [3.8, 4) is 0 Å². The van der Waals surface area contributed by atoms with Gasteiger partial charge in [0, 0.05) is 6.20 Å². The van der Waals surface area contributed by atoms with Crippen molar-refractivity contribution < 1.29 is 4.39 Å². The van der Waals surface area contributed by atoms with Crippen LogP contribution in [0, 0.1) is 5.82 Å². The van der Waals surface area contributed by atoms with E-state index in [0.717, 1.165) is 0 Å². The molecule has 0 spiro atoms. The van der Waals surface area contributed by atoms with Crippen molar-refractivity contribution in [2.24, 2.45) is 0 Å². The average Bonchev–Trinajstić information content (AvgIpc) is 2.44. The van der Waals surface area contributed by atoms with Crippen LogP contribution < -0.4 is 0 Å². The quantitative estimate of drug-likeness (QED) is 0.570. The van der Waals surface area contributed by atoms with Crippen LogP contribution in [0.3, 0.4) is 0 Å². The molecule has 2 aromatic heterocycles. The van der Waals surface area contributed by atoms with Gasteiger partial charge in [0.1, 0.15) is 17.1 Å². The summed E-state index contributed by atoms with van der Waals surface area (Å²) in [5.74, 6) is -0.349. The van der Waals surface area contributed by atoms with E-state index in [-0.39, 0.29) is 11.0 Å². The van der Waals surface area contributed by atoms with Crippen LogP contribution in [-0.2, 0) is 0 Å². The molecule has 0 atom stereocenters. The minimum atomic E-state index is -1.67. The zero-order chi connectivity index (χ0) is 11.2. The Bertz CT molecular complexity index is 518. The van der Waals surface area contributed by atoms with Crippen LogP contribution in [0.15, 0.2) is 12.5 Å². The molecule has 0 aromatic carbocycles. The Balaban J connectivity index is 2.85. The van der Waals surface area contributed by atoms with Crippen LogP contribution in [0.2, 0.25) is 24.8 Å². The molecule has 0 saturated heterocycles. The van der Waals surface area contributed by atoms with Crippen molar-refractivity contribution in [3.63, 3.8) is 0 Å². The average molecular weight is 244 g/mol. The van der Waals surface area contributed by atoms with E-state index in [4.69, 9.17) is 11.6 Å². The van der Waals surface area contributed by atoms with E-state index < -0.39 is 8.24 Å². The zero-order valence-corrected chi connectivity index (χ0v) is 10.5. The van der Waals surface area contributed by atoms with E-state index in [0.29, 0.717) is 11.0 Å². The number of nitrogens with zero attached hydrogens (tertiary/aromatic N) is 3. The summed E-state index contributed by atoms with van der Waals surface area (Å²) in [6.45, 7) is 6.34. The minimum absolute atomic E-state index is 0.175. The lowest BCUT2D eigenvalue weighted by Gasteiger charge is -2.18. The molecule has 0 amide bonds. The van der Waals surface area contributed by atoms with Crippen molar-refractivity contribution in [2.45, 2.75) is 19.6 Å². The predicted octanol–water partition coefficient (Wildman–Crippen LogP) is 2.91. The van der Waals surface area contributed by atoms with Gasteiger partial charge in [0.05, 0.1) is 5.39 Å². The predicted molar refractivity (Wildman–Crippen MR) is 61.2 cm³/mol. The highest BCUT2D eigenvalue weighted by Crippen LogP contribution is 2.26. The highest BCUT2D eigenvalue weighted by Gasteiger charge is 2.23. The first-order valence-electron chi connectivity index (χ1n) is 4.59. The van der Waals surface area contributed by atoms with Gasteiger partial charge in [0.25, 0.3) is 0 Å². The second-order valence-electron chi connectivity index (χ2n) is 4.38. The third-order valence-electron chi connectivity index (χ3n) is 2.21. The maximum atomic E-state index is 13.6. The van der Waals surface area contributed by atoms with Crippen molar-refractivity contribution in [1.29, 1.82) is 0 Å². The maximum absolute atomic E-state index is 13.6. The molecular formula is C9H11ClFN3Si. The Labute approximate surface area is 93.0 Å². The van der Waals surface area contributed by atoms with Crippen molar-refractivity contribution >= 4 is 30.9 Å².